The van der Waals surface area contributed by atoms with Crippen molar-refractivity contribution in [2.45, 2.75) is 4.90 Å². The van der Waals surface area contributed by atoms with Gasteiger partial charge in [0.2, 0.25) is 10.0 Å². The SMILES string of the molecule is Cn1cc(S(=O)(=O)NCCN=[N+]=[N-])c(=O)n(C)c1=O. The van der Waals surface area contributed by atoms with Crippen LogP contribution in [0.25, 0.3) is 10.4 Å². The molecule has 0 unspecified atom stereocenters. The fourth-order valence-electron chi connectivity index (χ4n) is 1.31. The van der Waals surface area contributed by atoms with Gasteiger partial charge in [-0.3, -0.25) is 9.36 Å². The second-order valence-corrected chi connectivity index (χ2v) is 5.34. The van der Waals surface area contributed by atoms with Gasteiger partial charge in [-0.2, -0.15) is 0 Å². The van der Waals surface area contributed by atoms with E-state index < -0.39 is 26.2 Å². The minimum absolute atomic E-state index is 0.0815. The van der Waals surface area contributed by atoms with Gasteiger partial charge < -0.3 is 4.57 Å². The molecule has 0 aliphatic heterocycles. The number of aryl methyl sites for hydroxylation is 1. The van der Waals surface area contributed by atoms with Gasteiger partial charge in [0, 0.05) is 38.3 Å². The van der Waals surface area contributed by atoms with E-state index in [1.54, 1.807) is 0 Å². The molecule has 1 aromatic heterocycles. The highest BCUT2D eigenvalue weighted by atomic mass is 32.2. The Morgan fingerprint density at radius 2 is 2.05 bits per heavy atom. The molecule has 0 bridgehead atoms. The fraction of sp³-hybridized carbons (Fsp3) is 0.500. The summed E-state index contributed by atoms with van der Waals surface area (Å²) in [5.41, 5.74) is 6.51. The van der Waals surface area contributed by atoms with Gasteiger partial charge in [-0.1, -0.05) is 5.11 Å². The molecule has 0 aliphatic rings. The molecule has 1 N–H and O–H groups in total. The zero-order chi connectivity index (χ0) is 14.6. The van der Waals surface area contributed by atoms with Crippen molar-refractivity contribution in [3.05, 3.63) is 37.5 Å². The predicted octanol–water partition coefficient (Wildman–Crippen LogP) is -1.33. The van der Waals surface area contributed by atoms with E-state index in [0.717, 1.165) is 10.8 Å². The molecule has 1 rings (SSSR count). The minimum Gasteiger partial charge on any atom is -0.302 e. The van der Waals surface area contributed by atoms with Gasteiger partial charge in [0.05, 0.1) is 0 Å². The summed E-state index contributed by atoms with van der Waals surface area (Å²) >= 11 is 0. The number of rotatable bonds is 5. The first-order valence-corrected chi connectivity index (χ1v) is 6.56. The number of nitrogens with one attached hydrogen (secondary N) is 1. The third kappa shape index (κ3) is 3.22. The highest BCUT2D eigenvalue weighted by molar-refractivity contribution is 7.89. The number of aromatic nitrogens is 2. The molecule has 0 aromatic carbocycles. The average Bonchev–Trinajstić information content (AvgIpc) is 2.36. The van der Waals surface area contributed by atoms with Crippen molar-refractivity contribution >= 4 is 10.0 Å². The molecule has 0 amide bonds. The van der Waals surface area contributed by atoms with Crippen LogP contribution >= 0.6 is 0 Å². The van der Waals surface area contributed by atoms with Gasteiger partial charge in [0.15, 0.2) is 4.90 Å². The maximum atomic E-state index is 11.9. The fourth-order valence-corrected chi connectivity index (χ4v) is 2.49. The molecular weight excluding hydrogens is 276 g/mol. The highest BCUT2D eigenvalue weighted by Gasteiger charge is 2.20. The molecule has 1 heterocycles. The van der Waals surface area contributed by atoms with Gasteiger partial charge in [-0.15, -0.1) is 0 Å². The van der Waals surface area contributed by atoms with Crippen LogP contribution in [0.3, 0.4) is 0 Å². The van der Waals surface area contributed by atoms with Crippen molar-refractivity contribution in [3.8, 4) is 0 Å². The van der Waals surface area contributed by atoms with Crippen LogP contribution in [0.2, 0.25) is 0 Å². The molecule has 1 aromatic rings. The van der Waals surface area contributed by atoms with E-state index in [4.69, 9.17) is 5.53 Å². The van der Waals surface area contributed by atoms with Gasteiger partial charge in [0.25, 0.3) is 5.56 Å². The van der Waals surface area contributed by atoms with Gasteiger partial charge in [0.1, 0.15) is 0 Å². The molecule has 0 saturated heterocycles. The van der Waals surface area contributed by atoms with Crippen molar-refractivity contribution < 1.29 is 8.42 Å². The van der Waals surface area contributed by atoms with Gasteiger partial charge in [-0.25, -0.2) is 17.9 Å². The summed E-state index contributed by atoms with van der Waals surface area (Å²) in [4.78, 5) is 25.1. The monoisotopic (exact) mass is 288 g/mol. The zero-order valence-electron chi connectivity index (χ0n) is 10.3. The summed E-state index contributed by atoms with van der Waals surface area (Å²) in [6, 6.07) is 0. The molecular formula is C8H12N6O4S. The van der Waals surface area contributed by atoms with Crippen LogP contribution in [0.1, 0.15) is 0 Å². The molecule has 0 atom stereocenters. The number of sulfonamides is 1. The Hall–Kier alpha value is -2.10. The average molecular weight is 288 g/mol. The minimum atomic E-state index is -4.06. The third-order valence-corrected chi connectivity index (χ3v) is 3.71. The molecule has 11 heteroatoms. The largest absolute Gasteiger partial charge is 0.330 e. The maximum absolute atomic E-state index is 11.9. The van der Waals surface area contributed by atoms with E-state index in [9.17, 15) is 18.0 Å². The van der Waals surface area contributed by atoms with E-state index in [0.29, 0.717) is 4.57 Å². The van der Waals surface area contributed by atoms with Gasteiger partial charge in [-0.05, 0) is 5.53 Å². The highest BCUT2D eigenvalue weighted by Crippen LogP contribution is 1.99. The Morgan fingerprint density at radius 1 is 1.42 bits per heavy atom. The lowest BCUT2D eigenvalue weighted by Gasteiger charge is -2.08. The quantitative estimate of drug-likeness (QED) is 0.310. The van der Waals surface area contributed by atoms with E-state index >= 15 is 0 Å². The summed E-state index contributed by atoms with van der Waals surface area (Å²) in [6.07, 6.45) is 0.945. The molecule has 0 spiro atoms. The summed E-state index contributed by atoms with van der Waals surface area (Å²) in [7, 11) is -1.54. The summed E-state index contributed by atoms with van der Waals surface area (Å²) in [6.45, 7) is -0.222. The predicted molar refractivity (Wildman–Crippen MR) is 66.1 cm³/mol. The molecule has 0 aliphatic carbocycles. The number of hydrogen-bond donors (Lipinski definition) is 1. The summed E-state index contributed by atoms with van der Waals surface area (Å²) in [5, 5.41) is 3.16. The van der Waals surface area contributed by atoms with Crippen LogP contribution in [0.4, 0.5) is 0 Å². The van der Waals surface area contributed by atoms with Crippen molar-refractivity contribution in [3.63, 3.8) is 0 Å². The van der Waals surface area contributed by atoms with Crippen molar-refractivity contribution in [2.75, 3.05) is 13.1 Å². The van der Waals surface area contributed by atoms with Crippen LogP contribution in [0.5, 0.6) is 0 Å². The van der Waals surface area contributed by atoms with E-state index in [-0.39, 0.29) is 13.1 Å². The third-order valence-electron chi connectivity index (χ3n) is 2.27. The lowest BCUT2D eigenvalue weighted by atomic mass is 10.6. The summed E-state index contributed by atoms with van der Waals surface area (Å²) in [5.74, 6) is 0. The van der Waals surface area contributed by atoms with Crippen LogP contribution in [0, 0.1) is 0 Å². The Kier molecular flexibility index (Phi) is 4.48. The zero-order valence-corrected chi connectivity index (χ0v) is 11.1. The molecule has 0 fully saturated rings. The van der Waals surface area contributed by atoms with E-state index in [1.807, 2.05) is 0 Å². The lowest BCUT2D eigenvalue weighted by Crippen LogP contribution is -2.41. The number of azide groups is 1. The van der Waals surface area contributed by atoms with E-state index in [1.165, 1.54) is 14.1 Å². The Morgan fingerprint density at radius 3 is 2.63 bits per heavy atom. The van der Waals surface area contributed by atoms with Crippen LogP contribution in [-0.2, 0) is 24.1 Å². The molecule has 104 valence electrons. The second-order valence-electron chi connectivity index (χ2n) is 3.60. The van der Waals surface area contributed by atoms with Crippen LogP contribution in [0.15, 0.2) is 25.8 Å². The van der Waals surface area contributed by atoms with Crippen molar-refractivity contribution in [1.29, 1.82) is 0 Å². The van der Waals surface area contributed by atoms with Gasteiger partial charge >= 0.3 is 5.69 Å². The van der Waals surface area contributed by atoms with E-state index in [2.05, 4.69) is 14.7 Å². The second kappa shape index (κ2) is 5.69. The maximum Gasteiger partial charge on any atom is 0.330 e. The topological polar surface area (TPSA) is 139 Å². The van der Waals surface area contributed by atoms with Crippen molar-refractivity contribution in [2.24, 2.45) is 19.2 Å². The first kappa shape index (κ1) is 15.0. The van der Waals surface area contributed by atoms with Crippen LogP contribution in [-0.4, -0.2) is 30.6 Å². The normalized spacial score (nSPS) is 11.1. The smallest absolute Gasteiger partial charge is 0.302 e. The molecule has 10 nitrogen and oxygen atoms in total. The molecule has 19 heavy (non-hydrogen) atoms. The molecule has 0 saturated carbocycles. The van der Waals surface area contributed by atoms with Crippen LogP contribution < -0.4 is 16.0 Å². The first-order chi connectivity index (χ1) is 8.81. The summed E-state index contributed by atoms with van der Waals surface area (Å²) < 4.78 is 27.5. The standard InChI is InChI=1S/C8H12N6O4S/c1-13-5-6(7(15)14(2)8(13)16)19(17,18)11-4-3-10-12-9/h5,11H,3-4H2,1-2H3. The molecule has 0 radical (unpaired) electrons. The first-order valence-electron chi connectivity index (χ1n) is 5.08. The Bertz CT molecular complexity index is 739. The Balaban J connectivity index is 3.19. The lowest BCUT2D eigenvalue weighted by molar-refractivity contribution is 0.571. The Labute approximate surface area is 108 Å². The number of hydrogen-bond acceptors (Lipinski definition) is 5. The van der Waals surface area contributed by atoms with Crippen molar-refractivity contribution in [1.82, 2.24) is 13.9 Å². The number of nitrogens with zero attached hydrogens (tertiary/aromatic N) is 5.